The Labute approximate surface area is 172 Å². The van der Waals surface area contributed by atoms with Crippen LogP contribution in [0.15, 0.2) is 59.0 Å². The monoisotopic (exact) mass is 405 g/mol. The van der Waals surface area contributed by atoms with Gasteiger partial charge in [-0.15, -0.1) is 0 Å². The lowest BCUT2D eigenvalue weighted by atomic mass is 10.1. The van der Waals surface area contributed by atoms with E-state index >= 15 is 0 Å². The number of carbonyl (C=O) groups is 1. The Morgan fingerprint density at radius 2 is 1.70 bits per heavy atom. The van der Waals surface area contributed by atoms with E-state index in [2.05, 4.69) is 0 Å². The van der Waals surface area contributed by atoms with E-state index in [1.165, 1.54) is 24.3 Å². The first kappa shape index (κ1) is 19.6. The van der Waals surface area contributed by atoms with Gasteiger partial charge in [-0.25, -0.2) is 19.2 Å². The molecular formula is C23H20FN3O3. The third-order valence-corrected chi connectivity index (χ3v) is 4.97. The fourth-order valence-electron chi connectivity index (χ4n) is 3.07. The molecule has 0 aliphatic heterocycles. The highest BCUT2D eigenvalue weighted by molar-refractivity contribution is 5.93. The highest BCUT2D eigenvalue weighted by Crippen LogP contribution is 2.34. The zero-order valence-electron chi connectivity index (χ0n) is 16.8. The van der Waals surface area contributed by atoms with Crippen molar-refractivity contribution in [2.24, 2.45) is 0 Å². The Balaban J connectivity index is 1.86. The van der Waals surface area contributed by atoms with E-state index in [0.29, 0.717) is 34.1 Å². The molecule has 0 radical (unpaired) electrons. The lowest BCUT2D eigenvalue weighted by Crippen LogP contribution is -2.27. The van der Waals surface area contributed by atoms with Gasteiger partial charge < -0.3 is 14.4 Å². The van der Waals surface area contributed by atoms with E-state index < -0.39 is 5.97 Å². The molecule has 4 aromatic rings. The number of carboxylic acid groups (broad SMARTS) is 1. The van der Waals surface area contributed by atoms with Crippen LogP contribution in [0.2, 0.25) is 0 Å². The maximum atomic E-state index is 13.2. The summed E-state index contributed by atoms with van der Waals surface area (Å²) in [5.41, 5.74) is 2.51. The van der Waals surface area contributed by atoms with Crippen molar-refractivity contribution in [1.82, 2.24) is 9.97 Å². The average Bonchev–Trinajstić information content (AvgIpc) is 3.22. The molecule has 2 aromatic heterocycles. The van der Waals surface area contributed by atoms with Gasteiger partial charge in [0, 0.05) is 18.7 Å². The van der Waals surface area contributed by atoms with Crippen LogP contribution in [-0.2, 0) is 0 Å². The van der Waals surface area contributed by atoms with Gasteiger partial charge in [-0.2, -0.15) is 0 Å². The molecule has 2 heterocycles. The molecule has 7 heteroatoms. The SMILES string of the molecule is CC(C)N(C)c1nc2cc(C(=O)O)ccc2nc1-c1ccc(-c2ccc(F)cc2)o1. The van der Waals surface area contributed by atoms with E-state index in [1.807, 2.05) is 25.8 Å². The number of anilines is 1. The second-order valence-corrected chi connectivity index (χ2v) is 7.28. The number of hydrogen-bond donors (Lipinski definition) is 1. The van der Waals surface area contributed by atoms with E-state index in [4.69, 9.17) is 14.4 Å². The third-order valence-electron chi connectivity index (χ3n) is 4.97. The lowest BCUT2D eigenvalue weighted by Gasteiger charge is -2.24. The Kier molecular flexibility index (Phi) is 4.95. The second kappa shape index (κ2) is 7.59. The molecule has 0 aliphatic rings. The molecule has 4 rings (SSSR count). The largest absolute Gasteiger partial charge is 0.478 e. The Hall–Kier alpha value is -3.74. The third kappa shape index (κ3) is 3.61. The molecule has 0 saturated carbocycles. The van der Waals surface area contributed by atoms with Gasteiger partial charge in [0.2, 0.25) is 0 Å². The summed E-state index contributed by atoms with van der Waals surface area (Å²) >= 11 is 0. The topological polar surface area (TPSA) is 79.5 Å². The normalized spacial score (nSPS) is 11.2. The number of fused-ring (bicyclic) bond motifs is 1. The molecule has 0 fully saturated rings. The van der Waals surface area contributed by atoms with Crippen LogP contribution in [0.4, 0.5) is 10.2 Å². The van der Waals surface area contributed by atoms with Crippen LogP contribution in [0.3, 0.4) is 0 Å². The van der Waals surface area contributed by atoms with Crippen molar-refractivity contribution in [2.75, 3.05) is 11.9 Å². The van der Waals surface area contributed by atoms with Crippen molar-refractivity contribution in [1.29, 1.82) is 0 Å². The van der Waals surface area contributed by atoms with Gasteiger partial charge in [-0.1, -0.05) is 0 Å². The minimum absolute atomic E-state index is 0.129. The number of nitrogens with zero attached hydrogens (tertiary/aromatic N) is 3. The zero-order chi connectivity index (χ0) is 21.4. The molecule has 0 amide bonds. The van der Waals surface area contributed by atoms with Crippen molar-refractivity contribution in [3.63, 3.8) is 0 Å². The average molecular weight is 405 g/mol. The van der Waals surface area contributed by atoms with E-state index in [0.717, 1.165) is 5.56 Å². The summed E-state index contributed by atoms with van der Waals surface area (Å²) in [7, 11) is 1.90. The Morgan fingerprint density at radius 3 is 2.37 bits per heavy atom. The van der Waals surface area contributed by atoms with Crippen molar-refractivity contribution >= 4 is 22.8 Å². The fourth-order valence-corrected chi connectivity index (χ4v) is 3.07. The summed E-state index contributed by atoms with van der Waals surface area (Å²) in [5.74, 6) is 0.365. The highest BCUT2D eigenvalue weighted by atomic mass is 19.1. The number of furan rings is 1. The smallest absolute Gasteiger partial charge is 0.335 e. The maximum Gasteiger partial charge on any atom is 0.335 e. The van der Waals surface area contributed by atoms with Crippen LogP contribution >= 0.6 is 0 Å². The van der Waals surface area contributed by atoms with Gasteiger partial charge in [0.1, 0.15) is 17.3 Å². The van der Waals surface area contributed by atoms with Gasteiger partial charge in [0.05, 0.1) is 16.6 Å². The molecule has 2 aromatic carbocycles. The van der Waals surface area contributed by atoms with Gasteiger partial charge >= 0.3 is 5.97 Å². The molecule has 1 N–H and O–H groups in total. The van der Waals surface area contributed by atoms with Crippen molar-refractivity contribution in [2.45, 2.75) is 19.9 Å². The molecule has 0 spiro atoms. The van der Waals surface area contributed by atoms with Crippen molar-refractivity contribution < 1.29 is 18.7 Å². The highest BCUT2D eigenvalue weighted by Gasteiger charge is 2.20. The summed E-state index contributed by atoms with van der Waals surface area (Å²) in [6, 6.07) is 14.5. The molecule has 6 nitrogen and oxygen atoms in total. The van der Waals surface area contributed by atoms with Gasteiger partial charge in [0.15, 0.2) is 11.6 Å². The molecule has 0 saturated heterocycles. The summed E-state index contributed by atoms with van der Waals surface area (Å²) in [4.78, 5) is 22.7. The van der Waals surface area contributed by atoms with E-state index in [9.17, 15) is 14.3 Å². The second-order valence-electron chi connectivity index (χ2n) is 7.28. The predicted molar refractivity (Wildman–Crippen MR) is 113 cm³/mol. The molecule has 152 valence electrons. The van der Waals surface area contributed by atoms with Crippen LogP contribution in [0, 0.1) is 5.82 Å². The first-order valence-corrected chi connectivity index (χ1v) is 9.47. The van der Waals surface area contributed by atoms with Crippen LogP contribution in [0.1, 0.15) is 24.2 Å². The van der Waals surface area contributed by atoms with E-state index in [1.54, 1.807) is 30.3 Å². The van der Waals surface area contributed by atoms with Gasteiger partial charge in [-0.3, -0.25) is 0 Å². The minimum atomic E-state index is -1.02. The predicted octanol–water partition coefficient (Wildman–Crippen LogP) is 5.24. The van der Waals surface area contributed by atoms with Crippen LogP contribution in [0.25, 0.3) is 33.8 Å². The van der Waals surface area contributed by atoms with Crippen LogP contribution < -0.4 is 4.90 Å². The summed E-state index contributed by atoms with van der Waals surface area (Å²) < 4.78 is 19.3. The number of aromatic carboxylic acids is 1. The quantitative estimate of drug-likeness (QED) is 0.489. The first-order chi connectivity index (χ1) is 14.3. The number of aromatic nitrogens is 2. The van der Waals surface area contributed by atoms with Gasteiger partial charge in [-0.05, 0) is 68.4 Å². The maximum absolute atomic E-state index is 13.2. The Bertz CT molecular complexity index is 1230. The number of benzene rings is 2. The summed E-state index contributed by atoms with van der Waals surface area (Å²) in [6.45, 7) is 4.05. The molecule has 0 unspecified atom stereocenters. The molecule has 0 atom stereocenters. The molecule has 0 aliphatic carbocycles. The van der Waals surface area contributed by atoms with Crippen molar-refractivity contribution in [3.05, 3.63) is 66.0 Å². The molecular weight excluding hydrogens is 385 g/mol. The number of rotatable bonds is 5. The number of halogens is 1. The first-order valence-electron chi connectivity index (χ1n) is 9.47. The van der Waals surface area contributed by atoms with Crippen molar-refractivity contribution in [3.8, 4) is 22.8 Å². The standard InChI is InChI=1S/C23H20FN3O3/c1-13(2)27(3)22-21(25-17-9-6-15(23(28)29)12-18(17)26-22)20-11-10-19(30-20)14-4-7-16(24)8-5-14/h4-13H,1-3H3,(H,28,29). The molecule has 30 heavy (non-hydrogen) atoms. The number of carboxylic acids is 1. The summed E-state index contributed by atoms with van der Waals surface area (Å²) in [5, 5.41) is 9.27. The van der Waals surface area contributed by atoms with E-state index in [-0.39, 0.29) is 17.4 Å². The Morgan fingerprint density at radius 1 is 1.00 bits per heavy atom. The van der Waals surface area contributed by atoms with Gasteiger partial charge in [0.25, 0.3) is 0 Å². The number of hydrogen-bond acceptors (Lipinski definition) is 5. The van der Waals surface area contributed by atoms with Crippen LogP contribution in [-0.4, -0.2) is 34.1 Å². The molecule has 0 bridgehead atoms. The zero-order valence-corrected chi connectivity index (χ0v) is 16.8. The summed E-state index contributed by atoms with van der Waals surface area (Å²) in [6.07, 6.45) is 0. The lowest BCUT2D eigenvalue weighted by molar-refractivity contribution is 0.0697. The van der Waals surface area contributed by atoms with Crippen LogP contribution in [0.5, 0.6) is 0 Å². The minimum Gasteiger partial charge on any atom is -0.478 e. The fraction of sp³-hybridized carbons (Fsp3) is 0.174.